The summed E-state index contributed by atoms with van der Waals surface area (Å²) in [6, 6.07) is 28.8. The molecule has 6 nitrogen and oxygen atoms in total. The van der Waals surface area contributed by atoms with Gasteiger partial charge in [0.1, 0.15) is 0 Å². The molecule has 7 heteroatoms. The van der Waals surface area contributed by atoms with E-state index in [1.807, 2.05) is 91.0 Å². The van der Waals surface area contributed by atoms with E-state index in [1.165, 1.54) is 0 Å². The molecule has 0 amide bonds. The van der Waals surface area contributed by atoms with Gasteiger partial charge < -0.3 is 0 Å². The monoisotopic (exact) mass is 437 g/mol. The Bertz CT molecular complexity index is 773. The summed E-state index contributed by atoms with van der Waals surface area (Å²) >= 11 is -1.67. The molecule has 0 heterocycles. The van der Waals surface area contributed by atoms with Gasteiger partial charge in [0.25, 0.3) is 0 Å². The fraction of sp³-hybridized carbons (Fsp3) is 0.143. The first-order valence-corrected chi connectivity index (χ1v) is 10.7. The topological polar surface area (TPSA) is 55.4 Å². The molecule has 0 aliphatic carbocycles. The van der Waals surface area contributed by atoms with Gasteiger partial charge in [0.05, 0.1) is 0 Å². The van der Waals surface area contributed by atoms with Crippen LogP contribution in [0.3, 0.4) is 0 Å². The van der Waals surface area contributed by atoms with Crippen molar-refractivity contribution < 1.29 is 26.9 Å². The molecule has 143 valence electrons. The summed E-state index contributed by atoms with van der Waals surface area (Å²) in [5.74, 6) is 0. The molecular weight excluding hydrogens is 418 g/mol. The average Bonchev–Trinajstić information content (AvgIpc) is 2.77. The van der Waals surface area contributed by atoms with Crippen LogP contribution in [0.5, 0.6) is 0 Å². The van der Waals surface area contributed by atoms with Crippen LogP contribution in [-0.2, 0) is 40.1 Å². The first-order chi connectivity index (χ1) is 13.9. The fourth-order valence-corrected chi connectivity index (χ4v) is 2.90. The summed E-state index contributed by atoms with van der Waals surface area (Å²) in [6.07, 6.45) is -0.833. The number of hydrogen-bond donors (Lipinski definition) is 0. The molecule has 3 aromatic rings. The van der Waals surface area contributed by atoms with E-state index < -0.39 is 24.4 Å². The van der Waals surface area contributed by atoms with Gasteiger partial charge in [0.15, 0.2) is 0 Å². The van der Waals surface area contributed by atoms with Crippen LogP contribution in [0.15, 0.2) is 91.0 Å². The summed E-state index contributed by atoms with van der Waals surface area (Å²) in [5.41, 5.74) is 2.77. The van der Waals surface area contributed by atoms with Crippen molar-refractivity contribution in [1.29, 1.82) is 0 Å². The van der Waals surface area contributed by atoms with Gasteiger partial charge in [-0.05, 0) is 0 Å². The van der Waals surface area contributed by atoms with Crippen molar-refractivity contribution >= 4 is 18.1 Å². The van der Waals surface area contributed by atoms with Gasteiger partial charge in [-0.1, -0.05) is 0 Å². The van der Waals surface area contributed by atoms with E-state index in [-0.39, 0.29) is 0 Å². The van der Waals surface area contributed by atoms with Crippen molar-refractivity contribution in [3.63, 3.8) is 0 Å². The summed E-state index contributed by atoms with van der Waals surface area (Å²) in [4.78, 5) is 21.2. The van der Waals surface area contributed by atoms with Crippen LogP contribution in [0.1, 0.15) is 23.0 Å². The minimum absolute atomic E-state index is 0.295. The quantitative estimate of drug-likeness (QED) is 0.137. The van der Waals surface area contributed by atoms with E-state index in [0.717, 1.165) is 16.7 Å². The van der Waals surface area contributed by atoms with Crippen LogP contribution in [0, 0.1) is 0 Å². The number of rotatable bonds is 12. The van der Waals surface area contributed by atoms with E-state index in [9.17, 15) is 0 Å². The van der Waals surface area contributed by atoms with Gasteiger partial charge in [0, 0.05) is 0 Å². The molecule has 0 aliphatic heterocycles. The second kappa shape index (κ2) is 12.5. The summed E-state index contributed by atoms with van der Waals surface area (Å²) in [6.45, 7) is 0.642. The van der Waals surface area contributed by atoms with Crippen molar-refractivity contribution in [3.05, 3.63) is 108 Å². The first kappa shape index (κ1) is 20.8. The van der Waals surface area contributed by atoms with Crippen LogP contribution < -0.4 is 0 Å². The minimum atomic E-state index is -1.67. The molecule has 0 saturated carbocycles. The predicted octanol–water partition coefficient (Wildman–Crippen LogP) is 4.46. The van der Waals surface area contributed by atoms with Gasteiger partial charge in [-0.15, -0.1) is 0 Å². The normalized spacial score (nSPS) is 11.9. The molecule has 28 heavy (non-hydrogen) atoms. The van der Waals surface area contributed by atoms with Crippen molar-refractivity contribution in [2.75, 3.05) is 0 Å². The molecule has 0 bridgehead atoms. The summed E-state index contributed by atoms with van der Waals surface area (Å²) in [7, 11) is 0. The summed E-state index contributed by atoms with van der Waals surface area (Å²) in [5, 5.41) is 0. The van der Waals surface area contributed by atoms with Crippen molar-refractivity contribution in [1.82, 2.24) is 0 Å². The Morgan fingerprint density at radius 1 is 0.571 bits per heavy atom. The van der Waals surface area contributed by atoms with Gasteiger partial charge in [-0.3, -0.25) is 0 Å². The van der Waals surface area contributed by atoms with Crippen LogP contribution >= 0.6 is 0 Å². The average molecular weight is 438 g/mol. The molecule has 1 unspecified atom stereocenters. The van der Waals surface area contributed by atoms with E-state index in [0.29, 0.717) is 13.2 Å². The zero-order chi connectivity index (χ0) is 19.3. The van der Waals surface area contributed by atoms with Gasteiger partial charge >= 0.3 is 172 Å². The standard InChI is InChI=1S/C14H14O4.C7H8O2.Ga/c15-17-14(13-9-5-2-6-10-13)18-16-11-12-7-3-1-4-8-12;8-9-6-7-4-2-1-3-5-7;/h1-10,14-15H,11H2;1-5,8H,6H2;/q;;+2/p-2. The van der Waals surface area contributed by atoms with Crippen LogP contribution in [-0.4, -0.2) is 18.1 Å². The molecule has 0 N–H and O–H groups in total. The zero-order valence-corrected chi connectivity index (χ0v) is 17.6. The molecule has 1 atom stereocenters. The fourth-order valence-electron chi connectivity index (χ4n) is 2.27. The Morgan fingerprint density at radius 3 is 1.71 bits per heavy atom. The van der Waals surface area contributed by atoms with E-state index >= 15 is 0 Å². The van der Waals surface area contributed by atoms with Crippen molar-refractivity contribution in [3.8, 4) is 0 Å². The van der Waals surface area contributed by atoms with Crippen molar-refractivity contribution in [2.45, 2.75) is 19.5 Å². The Kier molecular flexibility index (Phi) is 9.28. The molecule has 0 fully saturated rings. The number of benzene rings is 3. The van der Waals surface area contributed by atoms with Crippen LogP contribution in [0.25, 0.3) is 0 Å². The first-order valence-electron chi connectivity index (χ1n) is 8.75. The molecule has 3 rings (SSSR count). The number of hydrogen-bond acceptors (Lipinski definition) is 6. The van der Waals surface area contributed by atoms with Crippen LogP contribution in [0.4, 0.5) is 0 Å². The van der Waals surface area contributed by atoms with Gasteiger partial charge in [-0.2, -0.15) is 0 Å². The van der Waals surface area contributed by atoms with Gasteiger partial charge in [0.2, 0.25) is 0 Å². The molecule has 0 saturated heterocycles. The molecule has 0 aliphatic rings. The third-order valence-corrected chi connectivity index (χ3v) is 4.50. The SMILES string of the molecule is c1ccc(CO[O][Ga][O]OC(OOCc2ccccc2)c2ccccc2)cc1. The third-order valence-electron chi connectivity index (χ3n) is 3.65. The maximum absolute atomic E-state index is 5.39. The Labute approximate surface area is 172 Å². The van der Waals surface area contributed by atoms with E-state index in [1.54, 1.807) is 0 Å². The van der Waals surface area contributed by atoms with E-state index in [2.05, 4.69) is 0 Å². The van der Waals surface area contributed by atoms with E-state index in [4.69, 9.17) is 26.9 Å². The summed E-state index contributed by atoms with van der Waals surface area (Å²) < 4.78 is 10.3. The molecule has 1 radical (unpaired) electrons. The molecule has 3 aromatic carbocycles. The maximum atomic E-state index is 5.39. The third kappa shape index (κ3) is 7.59. The predicted molar refractivity (Wildman–Crippen MR) is 102 cm³/mol. The van der Waals surface area contributed by atoms with Crippen molar-refractivity contribution in [2.24, 2.45) is 0 Å². The molecule has 0 aromatic heterocycles. The zero-order valence-electron chi connectivity index (χ0n) is 15.2. The molecular formula is C21H20GaO6. The Hall–Kier alpha value is -1.94. The Morgan fingerprint density at radius 2 is 1.11 bits per heavy atom. The van der Waals surface area contributed by atoms with Gasteiger partial charge in [-0.25, -0.2) is 0 Å². The van der Waals surface area contributed by atoms with Crippen LogP contribution in [0.2, 0.25) is 0 Å². The second-order valence-electron chi connectivity index (χ2n) is 5.72. The second-order valence-corrected chi connectivity index (χ2v) is 6.93. The Balaban J connectivity index is 1.39. The molecule has 0 spiro atoms.